The molecule has 36 heavy (non-hydrogen) atoms. The average Bonchev–Trinajstić information content (AvgIpc) is 2.87. The number of nitrogens with zero attached hydrogens (tertiary/aromatic N) is 2. The first-order chi connectivity index (χ1) is 17.4. The van der Waals surface area contributed by atoms with Crippen LogP contribution in [0.4, 0.5) is 5.69 Å². The number of hydrogen-bond donors (Lipinski definition) is 1. The highest BCUT2D eigenvalue weighted by molar-refractivity contribution is 5.89. The summed E-state index contributed by atoms with van der Waals surface area (Å²) in [5.41, 5.74) is 3.09. The zero-order chi connectivity index (χ0) is 25.9. The van der Waals surface area contributed by atoms with Crippen molar-refractivity contribution in [3.8, 4) is 0 Å². The maximum atomic E-state index is 13.8. The van der Waals surface area contributed by atoms with Gasteiger partial charge >= 0.3 is 0 Å². The first-order valence-electron chi connectivity index (χ1n) is 12.3. The minimum absolute atomic E-state index is 0.103. The zero-order valence-corrected chi connectivity index (χ0v) is 20.9. The Morgan fingerprint density at radius 1 is 0.972 bits per heavy atom. The predicted octanol–water partition coefficient (Wildman–Crippen LogP) is 5.00. The van der Waals surface area contributed by atoms with E-state index in [2.05, 4.69) is 5.32 Å². The van der Waals surface area contributed by atoms with Gasteiger partial charge in [-0.05, 0) is 24.5 Å². The monoisotopic (exact) mass is 487 g/mol. The number of nitro groups is 1. The second-order valence-electron chi connectivity index (χ2n) is 8.92. The standard InChI is InChI=1S/C29H33N3O4/c1-3-4-17-30-29(34)27(19-23-12-6-5-7-13-23)31(21-24-14-10-11-22(2)18-24)28(33)20-25-15-8-9-16-26(25)32(35)36/h5-16,18,27H,3-4,17,19-21H2,1-2H3,(H,30,34). The molecule has 3 rings (SSSR count). The number of rotatable bonds is 12. The maximum Gasteiger partial charge on any atom is 0.273 e. The molecule has 7 heteroatoms. The highest BCUT2D eigenvalue weighted by Crippen LogP contribution is 2.22. The second kappa shape index (κ2) is 13.2. The van der Waals surface area contributed by atoms with Gasteiger partial charge in [0.15, 0.2) is 0 Å². The lowest BCUT2D eigenvalue weighted by Crippen LogP contribution is -2.51. The molecule has 7 nitrogen and oxygen atoms in total. The Balaban J connectivity index is 1.99. The van der Waals surface area contributed by atoms with Crippen molar-refractivity contribution in [3.05, 3.63) is 111 Å². The topological polar surface area (TPSA) is 92.6 Å². The Bertz CT molecular complexity index is 1180. The third-order valence-electron chi connectivity index (χ3n) is 6.07. The molecule has 1 atom stereocenters. The van der Waals surface area contributed by atoms with E-state index in [9.17, 15) is 19.7 Å². The number of nitro benzene ring substituents is 1. The van der Waals surface area contributed by atoms with Crippen molar-refractivity contribution in [2.45, 2.75) is 52.1 Å². The van der Waals surface area contributed by atoms with Gasteiger partial charge in [-0.2, -0.15) is 0 Å². The fraction of sp³-hybridized carbons (Fsp3) is 0.310. The smallest absolute Gasteiger partial charge is 0.273 e. The predicted molar refractivity (Wildman–Crippen MR) is 140 cm³/mol. The number of hydrogen-bond acceptors (Lipinski definition) is 4. The molecule has 1 unspecified atom stereocenters. The van der Waals surface area contributed by atoms with E-state index in [1.807, 2.05) is 68.4 Å². The quantitative estimate of drug-likeness (QED) is 0.221. The van der Waals surface area contributed by atoms with Crippen LogP contribution in [0, 0.1) is 17.0 Å². The van der Waals surface area contributed by atoms with Crippen LogP contribution < -0.4 is 5.32 Å². The first kappa shape index (κ1) is 26.6. The zero-order valence-electron chi connectivity index (χ0n) is 20.9. The van der Waals surface area contributed by atoms with Crippen molar-refractivity contribution in [3.63, 3.8) is 0 Å². The molecule has 0 radical (unpaired) electrons. The van der Waals surface area contributed by atoms with E-state index in [-0.39, 0.29) is 30.5 Å². The van der Waals surface area contributed by atoms with Crippen LogP contribution >= 0.6 is 0 Å². The van der Waals surface area contributed by atoms with Crippen LogP contribution in [-0.2, 0) is 29.0 Å². The molecule has 0 saturated heterocycles. The highest BCUT2D eigenvalue weighted by Gasteiger charge is 2.31. The summed E-state index contributed by atoms with van der Waals surface area (Å²) in [6.07, 6.45) is 1.95. The highest BCUT2D eigenvalue weighted by atomic mass is 16.6. The molecule has 0 saturated carbocycles. The van der Waals surface area contributed by atoms with Crippen LogP contribution in [0.2, 0.25) is 0 Å². The van der Waals surface area contributed by atoms with Crippen LogP contribution in [0.3, 0.4) is 0 Å². The molecule has 3 aromatic carbocycles. The number of carbonyl (C=O) groups is 2. The van der Waals surface area contributed by atoms with Gasteiger partial charge in [0, 0.05) is 31.1 Å². The van der Waals surface area contributed by atoms with Crippen molar-refractivity contribution in [2.24, 2.45) is 0 Å². The van der Waals surface area contributed by atoms with E-state index in [4.69, 9.17) is 0 Å². The van der Waals surface area contributed by atoms with E-state index in [1.54, 1.807) is 23.1 Å². The molecule has 2 amide bonds. The molecular weight excluding hydrogens is 454 g/mol. The van der Waals surface area contributed by atoms with Gasteiger partial charge in [0.2, 0.25) is 11.8 Å². The van der Waals surface area contributed by atoms with Crippen LogP contribution in [0.1, 0.15) is 42.0 Å². The summed E-state index contributed by atoms with van der Waals surface area (Å²) in [5.74, 6) is -0.562. The summed E-state index contributed by atoms with van der Waals surface area (Å²) in [7, 11) is 0. The molecule has 0 bridgehead atoms. The lowest BCUT2D eigenvalue weighted by molar-refractivity contribution is -0.385. The van der Waals surface area contributed by atoms with E-state index in [0.717, 1.165) is 29.5 Å². The van der Waals surface area contributed by atoms with E-state index in [0.29, 0.717) is 18.5 Å². The lowest BCUT2D eigenvalue weighted by Gasteiger charge is -2.32. The third kappa shape index (κ3) is 7.50. The minimum atomic E-state index is -0.764. The molecule has 0 aliphatic heterocycles. The Kier molecular flexibility index (Phi) is 9.74. The summed E-state index contributed by atoms with van der Waals surface area (Å²) in [6.45, 7) is 4.77. The Morgan fingerprint density at radius 2 is 1.67 bits per heavy atom. The molecule has 0 heterocycles. The Hall–Kier alpha value is -4.00. The number of amides is 2. The van der Waals surface area contributed by atoms with Gasteiger partial charge in [-0.25, -0.2) is 0 Å². The number of unbranched alkanes of at least 4 members (excludes halogenated alkanes) is 1. The van der Waals surface area contributed by atoms with Gasteiger partial charge in [0.25, 0.3) is 5.69 Å². The number of aryl methyl sites for hydroxylation is 1. The Morgan fingerprint density at radius 3 is 2.36 bits per heavy atom. The number of carbonyl (C=O) groups excluding carboxylic acids is 2. The number of benzene rings is 3. The molecular formula is C29H33N3O4. The van der Waals surface area contributed by atoms with Gasteiger partial charge in [-0.3, -0.25) is 19.7 Å². The fourth-order valence-electron chi connectivity index (χ4n) is 4.17. The third-order valence-corrected chi connectivity index (χ3v) is 6.07. The van der Waals surface area contributed by atoms with Crippen LogP contribution in [0.25, 0.3) is 0 Å². The molecule has 188 valence electrons. The maximum absolute atomic E-state index is 13.8. The van der Waals surface area contributed by atoms with Crippen LogP contribution in [0.15, 0.2) is 78.9 Å². The molecule has 0 fully saturated rings. The van der Waals surface area contributed by atoms with E-state index < -0.39 is 11.0 Å². The van der Waals surface area contributed by atoms with Gasteiger partial charge in [0.1, 0.15) is 6.04 Å². The largest absolute Gasteiger partial charge is 0.354 e. The Labute approximate surface area is 212 Å². The number of nitrogens with one attached hydrogen (secondary N) is 1. The second-order valence-corrected chi connectivity index (χ2v) is 8.92. The van der Waals surface area contributed by atoms with Crippen molar-refractivity contribution < 1.29 is 14.5 Å². The van der Waals surface area contributed by atoms with Crippen molar-refractivity contribution in [1.29, 1.82) is 0 Å². The summed E-state index contributed by atoms with van der Waals surface area (Å²) in [6, 6.07) is 22.9. The van der Waals surface area contributed by atoms with Crippen molar-refractivity contribution in [2.75, 3.05) is 6.54 Å². The molecule has 0 aliphatic carbocycles. The minimum Gasteiger partial charge on any atom is -0.354 e. The van der Waals surface area contributed by atoms with E-state index >= 15 is 0 Å². The molecule has 3 aromatic rings. The van der Waals surface area contributed by atoms with Crippen molar-refractivity contribution in [1.82, 2.24) is 10.2 Å². The van der Waals surface area contributed by atoms with Crippen LogP contribution in [0.5, 0.6) is 0 Å². The van der Waals surface area contributed by atoms with Crippen LogP contribution in [-0.4, -0.2) is 34.2 Å². The van der Waals surface area contributed by atoms with E-state index in [1.165, 1.54) is 6.07 Å². The average molecular weight is 488 g/mol. The van der Waals surface area contributed by atoms with Crippen molar-refractivity contribution >= 4 is 17.5 Å². The summed E-state index contributed by atoms with van der Waals surface area (Å²) in [4.78, 5) is 39.8. The molecule has 1 N–H and O–H groups in total. The first-order valence-corrected chi connectivity index (χ1v) is 12.3. The number of para-hydroxylation sites is 1. The normalized spacial score (nSPS) is 11.5. The summed E-state index contributed by atoms with van der Waals surface area (Å²) < 4.78 is 0. The van der Waals surface area contributed by atoms with Gasteiger partial charge < -0.3 is 10.2 Å². The summed E-state index contributed by atoms with van der Waals surface area (Å²) >= 11 is 0. The molecule has 0 aliphatic rings. The summed E-state index contributed by atoms with van der Waals surface area (Å²) in [5, 5.41) is 14.5. The van der Waals surface area contributed by atoms with Gasteiger partial charge in [-0.1, -0.05) is 91.7 Å². The van der Waals surface area contributed by atoms with Gasteiger partial charge in [-0.15, -0.1) is 0 Å². The van der Waals surface area contributed by atoms with Gasteiger partial charge in [0.05, 0.1) is 11.3 Å². The lowest BCUT2D eigenvalue weighted by atomic mass is 10.0. The fourth-order valence-corrected chi connectivity index (χ4v) is 4.17. The molecule has 0 aromatic heterocycles. The molecule has 0 spiro atoms. The SMILES string of the molecule is CCCCNC(=O)C(Cc1ccccc1)N(Cc1cccc(C)c1)C(=O)Cc1ccccc1[N+](=O)[O-].